The van der Waals surface area contributed by atoms with Crippen LogP contribution in [0.4, 0.5) is 5.69 Å². The minimum atomic E-state index is -1.04. The summed E-state index contributed by atoms with van der Waals surface area (Å²) in [7, 11) is 0. The van der Waals surface area contributed by atoms with E-state index >= 15 is 0 Å². The maximum atomic E-state index is 12.9. The number of thiophene rings is 1. The Morgan fingerprint density at radius 2 is 1.82 bits per heavy atom. The molecule has 1 amide bonds. The number of aromatic carboxylic acids is 1. The molecule has 28 heavy (non-hydrogen) atoms. The van der Waals surface area contributed by atoms with Crippen LogP contribution in [0.15, 0.2) is 60.7 Å². The highest BCUT2D eigenvalue weighted by Crippen LogP contribution is 2.38. The molecule has 0 saturated heterocycles. The lowest BCUT2D eigenvalue weighted by atomic mass is 10.1. The van der Waals surface area contributed by atoms with Crippen molar-refractivity contribution in [3.63, 3.8) is 0 Å². The van der Waals surface area contributed by atoms with Crippen molar-refractivity contribution < 1.29 is 14.7 Å². The van der Waals surface area contributed by atoms with E-state index in [0.29, 0.717) is 23.6 Å². The molecule has 0 spiro atoms. The van der Waals surface area contributed by atoms with Gasteiger partial charge in [0.05, 0.1) is 12.2 Å². The first-order chi connectivity index (χ1) is 13.5. The molecular formula is C22H20ClNO3S. The van der Waals surface area contributed by atoms with Crippen molar-refractivity contribution in [1.29, 1.82) is 0 Å². The summed E-state index contributed by atoms with van der Waals surface area (Å²) < 4.78 is 0. The van der Waals surface area contributed by atoms with E-state index in [-0.39, 0.29) is 17.3 Å². The highest BCUT2D eigenvalue weighted by Gasteiger charge is 2.25. The van der Waals surface area contributed by atoms with E-state index in [2.05, 4.69) is 0 Å². The van der Waals surface area contributed by atoms with Gasteiger partial charge in [-0.3, -0.25) is 4.79 Å². The third-order valence-corrected chi connectivity index (χ3v) is 5.65. The summed E-state index contributed by atoms with van der Waals surface area (Å²) in [4.78, 5) is 27.3. The molecule has 0 bridgehead atoms. The molecule has 4 nitrogen and oxygen atoms in total. The lowest BCUT2D eigenvalue weighted by Gasteiger charge is -2.22. The zero-order valence-electron chi connectivity index (χ0n) is 15.4. The summed E-state index contributed by atoms with van der Waals surface area (Å²) in [6.07, 6.45) is 1.03. The van der Waals surface area contributed by atoms with Crippen LogP contribution in [0.3, 0.4) is 0 Å². The number of hydrogen-bond acceptors (Lipinski definition) is 3. The number of nitrogens with zero attached hydrogens (tertiary/aromatic N) is 1. The second kappa shape index (κ2) is 9.04. The van der Waals surface area contributed by atoms with Crippen molar-refractivity contribution in [2.24, 2.45) is 0 Å². The molecule has 0 fully saturated rings. The quantitative estimate of drug-likeness (QED) is 0.509. The number of carboxylic acids is 1. The van der Waals surface area contributed by atoms with Crippen molar-refractivity contribution in [2.75, 3.05) is 4.90 Å². The topological polar surface area (TPSA) is 57.6 Å². The number of anilines is 1. The molecule has 1 heterocycles. The number of rotatable bonds is 7. The van der Waals surface area contributed by atoms with Crippen molar-refractivity contribution in [1.82, 2.24) is 0 Å². The first-order valence-electron chi connectivity index (χ1n) is 8.97. The summed E-state index contributed by atoms with van der Waals surface area (Å²) in [6.45, 7) is 2.20. The molecule has 0 aliphatic rings. The highest BCUT2D eigenvalue weighted by molar-refractivity contribution is 7.18. The molecular weight excluding hydrogens is 394 g/mol. The Hall–Kier alpha value is -2.63. The summed E-state index contributed by atoms with van der Waals surface area (Å²) >= 11 is 7.26. The van der Waals surface area contributed by atoms with Gasteiger partial charge < -0.3 is 10.0 Å². The number of benzene rings is 2. The van der Waals surface area contributed by atoms with Gasteiger partial charge in [-0.2, -0.15) is 0 Å². The number of amides is 1. The van der Waals surface area contributed by atoms with Crippen molar-refractivity contribution in [3.8, 4) is 10.4 Å². The third-order valence-electron chi connectivity index (χ3n) is 4.25. The third kappa shape index (κ3) is 4.61. The number of hydrogen-bond donors (Lipinski definition) is 1. The molecule has 0 aliphatic carbocycles. The highest BCUT2D eigenvalue weighted by atomic mass is 35.5. The van der Waals surface area contributed by atoms with E-state index in [1.807, 2.05) is 49.4 Å². The molecule has 2 aromatic carbocycles. The normalized spacial score (nSPS) is 10.6. The Morgan fingerprint density at radius 3 is 2.46 bits per heavy atom. The molecule has 3 rings (SSSR count). The Kier molecular flexibility index (Phi) is 6.49. The van der Waals surface area contributed by atoms with Gasteiger partial charge in [-0.25, -0.2) is 4.79 Å². The van der Waals surface area contributed by atoms with Crippen LogP contribution in [0.1, 0.15) is 35.0 Å². The lowest BCUT2D eigenvalue weighted by Crippen LogP contribution is -2.30. The van der Waals surface area contributed by atoms with Crippen LogP contribution in [0, 0.1) is 0 Å². The fourth-order valence-corrected chi connectivity index (χ4v) is 4.17. The fraction of sp³-hybridized carbons (Fsp3) is 0.182. The molecule has 3 aromatic rings. The van der Waals surface area contributed by atoms with Gasteiger partial charge in [0.25, 0.3) is 0 Å². The minimum absolute atomic E-state index is 0.109. The number of carbonyl (C=O) groups is 2. The van der Waals surface area contributed by atoms with Crippen LogP contribution in [-0.4, -0.2) is 17.0 Å². The van der Waals surface area contributed by atoms with Gasteiger partial charge in [0.2, 0.25) is 5.91 Å². The van der Waals surface area contributed by atoms with Crippen LogP contribution >= 0.6 is 22.9 Å². The maximum Gasteiger partial charge on any atom is 0.348 e. The number of halogens is 1. The molecule has 1 aromatic heterocycles. The average Bonchev–Trinajstić information content (AvgIpc) is 3.12. The molecule has 0 atom stereocenters. The monoisotopic (exact) mass is 413 g/mol. The van der Waals surface area contributed by atoms with Gasteiger partial charge in [-0.15, -0.1) is 11.3 Å². The fourth-order valence-electron chi connectivity index (χ4n) is 2.95. The van der Waals surface area contributed by atoms with Crippen LogP contribution in [0.5, 0.6) is 0 Å². The summed E-state index contributed by atoms with van der Waals surface area (Å²) in [5.41, 5.74) is 2.20. The van der Waals surface area contributed by atoms with Crippen LogP contribution in [0.2, 0.25) is 5.02 Å². The van der Waals surface area contributed by atoms with Crippen molar-refractivity contribution in [2.45, 2.75) is 26.3 Å². The maximum absolute atomic E-state index is 12.9. The Labute approximate surface area is 173 Å². The average molecular weight is 414 g/mol. The van der Waals surface area contributed by atoms with E-state index < -0.39 is 5.97 Å². The van der Waals surface area contributed by atoms with E-state index in [4.69, 9.17) is 11.6 Å². The summed E-state index contributed by atoms with van der Waals surface area (Å²) in [6, 6.07) is 18.6. The molecule has 144 valence electrons. The Morgan fingerprint density at radius 1 is 1.07 bits per heavy atom. The zero-order chi connectivity index (χ0) is 20.1. The van der Waals surface area contributed by atoms with Gasteiger partial charge in [-0.05, 0) is 35.7 Å². The number of carboxylic acid groups (broad SMARTS) is 1. The Bertz CT molecular complexity index is 984. The van der Waals surface area contributed by atoms with Crippen LogP contribution in [-0.2, 0) is 11.3 Å². The Balaban J connectivity index is 2.06. The smallest absolute Gasteiger partial charge is 0.348 e. The van der Waals surface area contributed by atoms with Crippen LogP contribution in [0.25, 0.3) is 10.4 Å². The van der Waals surface area contributed by atoms with Crippen molar-refractivity contribution >= 4 is 40.5 Å². The summed E-state index contributed by atoms with van der Waals surface area (Å²) in [5.74, 6) is -1.15. The SMILES string of the molecule is CCCC(=O)N(Cc1cccc(Cl)c1)c1cc(-c2ccccc2)sc1C(=O)O. The molecule has 6 heteroatoms. The predicted molar refractivity (Wildman–Crippen MR) is 114 cm³/mol. The van der Waals surface area contributed by atoms with Crippen molar-refractivity contribution in [3.05, 3.63) is 76.1 Å². The summed E-state index contributed by atoms with van der Waals surface area (Å²) in [5, 5.41) is 10.3. The van der Waals surface area contributed by atoms with E-state index in [0.717, 1.165) is 16.0 Å². The molecule has 0 saturated carbocycles. The van der Waals surface area contributed by atoms with Gasteiger partial charge in [0.1, 0.15) is 4.88 Å². The standard InChI is InChI=1S/C22H20ClNO3S/c1-2-7-20(25)24(14-15-8-6-11-17(23)12-15)18-13-19(28-21(18)22(26)27)16-9-4-3-5-10-16/h3-6,8-13H,2,7,14H2,1H3,(H,26,27). The first-order valence-corrected chi connectivity index (χ1v) is 10.2. The molecule has 0 unspecified atom stereocenters. The lowest BCUT2D eigenvalue weighted by molar-refractivity contribution is -0.118. The predicted octanol–water partition coefficient (Wildman–Crippen LogP) is 6.10. The second-order valence-corrected chi connectivity index (χ2v) is 7.84. The molecule has 0 radical (unpaired) electrons. The molecule has 0 aliphatic heterocycles. The van der Waals surface area contributed by atoms with E-state index in [9.17, 15) is 14.7 Å². The molecule has 1 N–H and O–H groups in total. The largest absolute Gasteiger partial charge is 0.477 e. The zero-order valence-corrected chi connectivity index (χ0v) is 17.0. The second-order valence-electron chi connectivity index (χ2n) is 6.36. The van der Waals surface area contributed by atoms with Crippen LogP contribution < -0.4 is 4.90 Å². The van der Waals surface area contributed by atoms with Gasteiger partial charge in [-0.1, -0.05) is 61.0 Å². The van der Waals surface area contributed by atoms with E-state index in [1.54, 1.807) is 23.1 Å². The number of carbonyl (C=O) groups excluding carboxylic acids is 1. The van der Waals surface area contributed by atoms with E-state index in [1.165, 1.54) is 11.3 Å². The van der Waals surface area contributed by atoms with Gasteiger partial charge >= 0.3 is 5.97 Å². The van der Waals surface area contributed by atoms with Gasteiger partial charge in [0, 0.05) is 16.3 Å². The first kappa shape index (κ1) is 20.1. The minimum Gasteiger partial charge on any atom is -0.477 e. The van der Waals surface area contributed by atoms with Gasteiger partial charge in [0.15, 0.2) is 0 Å².